The summed E-state index contributed by atoms with van der Waals surface area (Å²) < 4.78 is 38.9. The molecule has 2 N–H and O–H groups in total. The van der Waals surface area contributed by atoms with Crippen LogP contribution in [0.15, 0.2) is 42.5 Å². The number of aryl methyl sites for hydroxylation is 2. The van der Waals surface area contributed by atoms with Crippen molar-refractivity contribution in [2.24, 2.45) is 0 Å². The number of para-hydroxylation sites is 1. The summed E-state index contributed by atoms with van der Waals surface area (Å²) in [4.78, 5) is 28.7. The van der Waals surface area contributed by atoms with Gasteiger partial charge in [-0.3, -0.25) is 14.5 Å². The van der Waals surface area contributed by atoms with Gasteiger partial charge in [-0.25, -0.2) is 0 Å². The first-order valence-electron chi connectivity index (χ1n) is 10.9. The first-order chi connectivity index (χ1) is 15.6. The molecule has 6 nitrogen and oxygen atoms in total. The molecule has 0 radical (unpaired) electrons. The minimum atomic E-state index is -4.38. The Labute approximate surface area is 191 Å². The Balaban J connectivity index is 1.49. The third-order valence-corrected chi connectivity index (χ3v) is 5.95. The second kappa shape index (κ2) is 10.2. The molecular formula is C24H29F3N4O2. The molecule has 2 aromatic carbocycles. The number of carbonyl (C=O) groups is 2. The van der Waals surface area contributed by atoms with Crippen molar-refractivity contribution < 1.29 is 22.8 Å². The van der Waals surface area contributed by atoms with E-state index in [0.717, 1.165) is 28.9 Å². The van der Waals surface area contributed by atoms with E-state index in [2.05, 4.69) is 10.6 Å². The number of amides is 2. The van der Waals surface area contributed by atoms with Gasteiger partial charge >= 0.3 is 6.18 Å². The number of nitrogens with one attached hydrogen (secondary N) is 2. The number of piperazine rings is 1. The van der Waals surface area contributed by atoms with E-state index in [4.69, 9.17) is 0 Å². The van der Waals surface area contributed by atoms with Crippen LogP contribution in [-0.2, 0) is 15.8 Å². The van der Waals surface area contributed by atoms with Gasteiger partial charge in [-0.05, 0) is 50.1 Å². The zero-order chi connectivity index (χ0) is 24.2. The second-order valence-corrected chi connectivity index (χ2v) is 8.28. The van der Waals surface area contributed by atoms with Crippen LogP contribution in [0.25, 0.3) is 0 Å². The van der Waals surface area contributed by atoms with Gasteiger partial charge in [0.05, 0.1) is 18.2 Å². The molecule has 1 fully saturated rings. The molecule has 0 bridgehead atoms. The molecule has 2 aromatic rings. The van der Waals surface area contributed by atoms with Crippen molar-refractivity contribution in [2.75, 3.05) is 42.9 Å². The van der Waals surface area contributed by atoms with Crippen LogP contribution >= 0.6 is 0 Å². The fourth-order valence-electron chi connectivity index (χ4n) is 3.92. The van der Waals surface area contributed by atoms with E-state index >= 15 is 0 Å². The maximum Gasteiger partial charge on any atom is 0.416 e. The number of carbonyl (C=O) groups excluding carboxylic acids is 2. The Morgan fingerprint density at radius 1 is 1.00 bits per heavy atom. The van der Waals surface area contributed by atoms with Crippen molar-refractivity contribution in [3.63, 3.8) is 0 Å². The number of anilines is 2. The van der Waals surface area contributed by atoms with Gasteiger partial charge in [-0.1, -0.05) is 24.3 Å². The Kier molecular flexibility index (Phi) is 7.63. The van der Waals surface area contributed by atoms with Crippen LogP contribution < -0.4 is 15.5 Å². The maximum absolute atomic E-state index is 13.0. The Morgan fingerprint density at radius 3 is 2.21 bits per heavy atom. The molecule has 0 unspecified atom stereocenters. The van der Waals surface area contributed by atoms with Gasteiger partial charge in [-0.15, -0.1) is 0 Å². The minimum absolute atomic E-state index is 0.138. The van der Waals surface area contributed by atoms with Crippen molar-refractivity contribution >= 4 is 23.2 Å². The van der Waals surface area contributed by atoms with Crippen LogP contribution in [0.5, 0.6) is 0 Å². The lowest BCUT2D eigenvalue weighted by Gasteiger charge is -2.38. The highest BCUT2D eigenvalue weighted by Crippen LogP contribution is 2.32. The summed E-state index contributed by atoms with van der Waals surface area (Å²) >= 11 is 0. The topological polar surface area (TPSA) is 64.7 Å². The third kappa shape index (κ3) is 6.25. The van der Waals surface area contributed by atoms with Crippen LogP contribution in [0.4, 0.5) is 24.5 Å². The molecule has 0 aliphatic carbocycles. The van der Waals surface area contributed by atoms with Gasteiger partial charge in [0, 0.05) is 37.6 Å². The van der Waals surface area contributed by atoms with Gasteiger partial charge in [0.15, 0.2) is 0 Å². The standard InChI is InChI=1S/C24H29F3N4O2/c1-16-6-4-7-17(2)22(16)29-21(32)15-28-23(33)18(3)30-10-12-31(13-11-30)20-9-5-8-19(14-20)24(25,26)27/h4-9,14,18H,10-13,15H2,1-3H3,(H,28,33)(H,29,32)/t18-/m1/s1. The molecule has 0 aromatic heterocycles. The molecular weight excluding hydrogens is 433 g/mol. The molecule has 0 spiro atoms. The monoisotopic (exact) mass is 462 g/mol. The maximum atomic E-state index is 13.0. The Morgan fingerprint density at radius 2 is 1.61 bits per heavy atom. The summed E-state index contributed by atoms with van der Waals surface area (Å²) in [5.41, 5.74) is 2.48. The van der Waals surface area contributed by atoms with Crippen LogP contribution in [0.1, 0.15) is 23.6 Å². The number of hydrogen-bond acceptors (Lipinski definition) is 4. The van der Waals surface area contributed by atoms with Crippen LogP contribution in [-0.4, -0.2) is 55.5 Å². The minimum Gasteiger partial charge on any atom is -0.369 e. The molecule has 3 rings (SSSR count). The molecule has 2 amide bonds. The van der Waals surface area contributed by atoms with E-state index in [9.17, 15) is 22.8 Å². The molecule has 0 saturated carbocycles. The molecule has 1 aliphatic rings. The summed E-state index contributed by atoms with van der Waals surface area (Å²) in [6, 6.07) is 10.5. The Hall–Kier alpha value is -3.07. The number of halogens is 3. The second-order valence-electron chi connectivity index (χ2n) is 8.28. The fourth-order valence-corrected chi connectivity index (χ4v) is 3.92. The smallest absolute Gasteiger partial charge is 0.369 e. The highest BCUT2D eigenvalue weighted by Gasteiger charge is 2.31. The van der Waals surface area contributed by atoms with Crippen LogP contribution in [0.2, 0.25) is 0 Å². The first-order valence-corrected chi connectivity index (χ1v) is 10.9. The summed E-state index contributed by atoms with van der Waals surface area (Å²) in [7, 11) is 0. The van der Waals surface area contributed by atoms with E-state index in [0.29, 0.717) is 31.9 Å². The third-order valence-electron chi connectivity index (χ3n) is 5.95. The summed E-state index contributed by atoms with van der Waals surface area (Å²) in [5.74, 6) is -0.568. The zero-order valence-electron chi connectivity index (χ0n) is 19.0. The first kappa shape index (κ1) is 24.6. The number of rotatable bonds is 6. The highest BCUT2D eigenvalue weighted by molar-refractivity contribution is 5.96. The molecule has 1 atom stereocenters. The average molecular weight is 463 g/mol. The van der Waals surface area contributed by atoms with Crippen LogP contribution in [0, 0.1) is 13.8 Å². The number of benzene rings is 2. The quantitative estimate of drug-likeness (QED) is 0.689. The van der Waals surface area contributed by atoms with E-state index in [-0.39, 0.29) is 18.4 Å². The van der Waals surface area contributed by atoms with Crippen molar-refractivity contribution in [1.29, 1.82) is 0 Å². The molecule has 9 heteroatoms. The van der Waals surface area contributed by atoms with Gasteiger partial charge in [-0.2, -0.15) is 13.2 Å². The summed E-state index contributed by atoms with van der Waals surface area (Å²) in [6.07, 6.45) is -4.38. The largest absolute Gasteiger partial charge is 0.416 e. The van der Waals surface area contributed by atoms with Crippen molar-refractivity contribution in [3.05, 3.63) is 59.2 Å². The normalized spacial score (nSPS) is 15.8. The van der Waals surface area contributed by atoms with Gasteiger partial charge < -0.3 is 15.5 Å². The lowest BCUT2D eigenvalue weighted by molar-refractivity contribution is -0.137. The zero-order valence-corrected chi connectivity index (χ0v) is 19.0. The predicted octanol–water partition coefficient (Wildman–Crippen LogP) is 3.59. The molecule has 33 heavy (non-hydrogen) atoms. The number of nitrogens with zero attached hydrogens (tertiary/aromatic N) is 2. The molecule has 178 valence electrons. The van der Waals surface area contributed by atoms with E-state index in [1.807, 2.05) is 41.8 Å². The summed E-state index contributed by atoms with van der Waals surface area (Å²) in [6.45, 7) is 7.50. The van der Waals surface area contributed by atoms with Crippen molar-refractivity contribution in [3.8, 4) is 0 Å². The average Bonchev–Trinajstić information content (AvgIpc) is 2.79. The number of alkyl halides is 3. The molecule has 1 aliphatic heterocycles. The van der Waals surface area contributed by atoms with Crippen molar-refractivity contribution in [2.45, 2.75) is 33.0 Å². The molecule has 1 saturated heterocycles. The fraction of sp³-hybridized carbons (Fsp3) is 0.417. The number of hydrogen-bond donors (Lipinski definition) is 2. The van der Waals surface area contributed by atoms with E-state index in [1.54, 1.807) is 13.0 Å². The van der Waals surface area contributed by atoms with Gasteiger partial charge in [0.25, 0.3) is 0 Å². The van der Waals surface area contributed by atoms with Crippen molar-refractivity contribution in [1.82, 2.24) is 10.2 Å². The van der Waals surface area contributed by atoms with Gasteiger partial charge in [0.1, 0.15) is 0 Å². The van der Waals surface area contributed by atoms with Crippen LogP contribution in [0.3, 0.4) is 0 Å². The SMILES string of the molecule is Cc1cccc(C)c1NC(=O)CNC(=O)[C@@H](C)N1CCN(c2cccc(C(F)(F)F)c2)CC1. The lowest BCUT2D eigenvalue weighted by Crippen LogP contribution is -2.54. The van der Waals surface area contributed by atoms with E-state index < -0.39 is 17.8 Å². The summed E-state index contributed by atoms with van der Waals surface area (Å²) in [5, 5.41) is 5.51. The Bertz CT molecular complexity index is 981. The van der Waals surface area contributed by atoms with Gasteiger partial charge in [0.2, 0.25) is 11.8 Å². The van der Waals surface area contributed by atoms with E-state index in [1.165, 1.54) is 6.07 Å². The highest BCUT2D eigenvalue weighted by atomic mass is 19.4. The predicted molar refractivity (Wildman–Crippen MR) is 122 cm³/mol. The lowest BCUT2D eigenvalue weighted by atomic mass is 10.1. The molecule has 1 heterocycles.